The smallest absolute Gasteiger partial charge is 0.0917 e. The highest BCUT2D eigenvalue weighted by Gasteiger charge is 2.58. The highest BCUT2D eigenvalue weighted by Crippen LogP contribution is 2.35. The van der Waals surface area contributed by atoms with Crippen LogP contribution in [0.3, 0.4) is 0 Å². The Morgan fingerprint density at radius 2 is 0.383 bits per heavy atom. The van der Waals surface area contributed by atoms with Gasteiger partial charge in [0.25, 0.3) is 0 Å². The first kappa shape index (κ1) is 38.9. The lowest BCUT2D eigenvalue weighted by molar-refractivity contribution is 1.39. The molecule has 0 unspecified atom stereocenters. The highest BCUT2D eigenvalue weighted by atomic mass is 28.4. The van der Waals surface area contributed by atoms with Crippen LogP contribution in [0.2, 0.25) is 5.16 Å². The molecule has 0 aliphatic heterocycles. The maximum absolute atomic E-state index is 3.14. The molecule has 0 bridgehead atoms. The average Bonchev–Trinajstić information content (AvgIpc) is 3.35. The van der Waals surface area contributed by atoms with Crippen molar-refractivity contribution in [1.82, 2.24) is 0 Å². The lowest BCUT2D eigenvalue weighted by atomic mass is 10.3. The van der Waals surface area contributed by atoms with Crippen LogP contribution in [0.5, 0.6) is 0 Å². The van der Waals surface area contributed by atoms with E-state index in [9.17, 15) is 0 Å². The van der Waals surface area contributed by atoms with Gasteiger partial charge in [-0.05, 0) is 51.8 Å². The van der Waals surface area contributed by atoms with Crippen molar-refractivity contribution in [2.24, 2.45) is 0 Å². The molecule has 9 rings (SSSR count). The number of allylic oxidation sites excluding steroid dienone is 1. The van der Waals surface area contributed by atoms with Crippen molar-refractivity contribution >= 4 is 70.9 Å². The van der Waals surface area contributed by atoms with Gasteiger partial charge in [0.2, 0.25) is 0 Å². The molecule has 9 aromatic rings. The van der Waals surface area contributed by atoms with Gasteiger partial charge < -0.3 is 0 Å². The van der Waals surface area contributed by atoms with Crippen LogP contribution in [0.25, 0.3) is 0 Å². The molecule has 0 saturated carbocycles. The van der Waals surface area contributed by atoms with E-state index in [-0.39, 0.29) is 5.16 Å². The third kappa shape index (κ3) is 6.91. The number of benzene rings is 9. The van der Waals surface area contributed by atoms with E-state index in [4.69, 9.17) is 0 Å². The first-order valence-electron chi connectivity index (χ1n) is 21.0. The summed E-state index contributed by atoms with van der Waals surface area (Å²) in [6, 6.07) is 103. The maximum Gasteiger partial charge on any atom is 0.172 e. The molecule has 288 valence electrons. The second kappa shape index (κ2) is 17.7. The average molecular weight is 817 g/mol. The zero-order valence-corrected chi connectivity index (χ0v) is 36.7. The molecule has 0 amide bonds. The summed E-state index contributed by atoms with van der Waals surface area (Å²) < 4.78 is 0. The highest BCUT2D eigenvalue weighted by molar-refractivity contribution is 7.28. The fourth-order valence-corrected chi connectivity index (χ4v) is 29.5. The summed E-state index contributed by atoms with van der Waals surface area (Å²) in [7, 11) is -9.17. The van der Waals surface area contributed by atoms with Crippen LogP contribution in [0.15, 0.2) is 285 Å². The molecular formula is C57H48Si3. The summed E-state index contributed by atoms with van der Waals surface area (Å²) in [4.78, 5) is 0. The van der Waals surface area contributed by atoms with Crippen molar-refractivity contribution in [1.29, 1.82) is 0 Å². The van der Waals surface area contributed by atoms with Crippen LogP contribution in [0, 0.1) is 0 Å². The molecule has 0 N–H and O–H groups in total. The maximum atomic E-state index is 2.79. The molecular weight excluding hydrogens is 769 g/mol. The Balaban J connectivity index is 1.53. The van der Waals surface area contributed by atoms with Gasteiger partial charge in [-0.25, -0.2) is 0 Å². The van der Waals surface area contributed by atoms with Gasteiger partial charge in [-0.1, -0.05) is 285 Å². The minimum absolute atomic E-state index is 0.0346. The van der Waals surface area contributed by atoms with E-state index in [1.54, 1.807) is 0 Å². The Hall–Kier alpha value is -6.63. The third-order valence-electron chi connectivity index (χ3n) is 12.5. The molecule has 9 aromatic carbocycles. The van der Waals surface area contributed by atoms with E-state index in [2.05, 4.69) is 285 Å². The van der Waals surface area contributed by atoms with Gasteiger partial charge in [0, 0.05) is 0 Å². The second-order valence-corrected chi connectivity index (χ2v) is 27.8. The molecule has 0 atom stereocenters. The number of hydrogen-bond acceptors (Lipinski definition) is 0. The topological polar surface area (TPSA) is 0 Å². The van der Waals surface area contributed by atoms with Crippen molar-refractivity contribution in [2.45, 2.75) is 5.16 Å². The van der Waals surface area contributed by atoms with E-state index < -0.39 is 24.2 Å². The standard InChI is InChI=1S/C57H48Si3/c1-10-28-48(29-11-1)58(49-30-12-2-13-31-49,50-32-14-3-15-33-50)47-46-57(59(51-34-16-4-17-35-51,52-36-18-5-19-37-52)53-38-20-6-21-39-53)60(54-40-22-7-23-41-54,55-42-24-8-25-43-55)56-44-26-9-27-45-56/h1-47,57H/b47-46+. The first-order chi connectivity index (χ1) is 29.8. The van der Waals surface area contributed by atoms with Crippen LogP contribution in [-0.2, 0) is 0 Å². The summed E-state index contributed by atoms with van der Waals surface area (Å²) in [5.74, 6) is 0. The fraction of sp³-hybridized carbons (Fsp3) is 0.0175. The van der Waals surface area contributed by atoms with Crippen molar-refractivity contribution < 1.29 is 0 Å². The second-order valence-electron chi connectivity index (χ2n) is 15.6. The Kier molecular flexibility index (Phi) is 11.5. The summed E-state index contributed by atoms with van der Waals surface area (Å²) in [5.41, 5.74) is 2.75. The van der Waals surface area contributed by atoms with Crippen LogP contribution in [0.1, 0.15) is 0 Å². The van der Waals surface area contributed by atoms with Crippen LogP contribution in [0.4, 0.5) is 0 Å². The third-order valence-corrected chi connectivity index (χ3v) is 29.3. The van der Waals surface area contributed by atoms with Crippen molar-refractivity contribution in [3.8, 4) is 0 Å². The summed E-state index contributed by atoms with van der Waals surface area (Å²) in [5, 5.41) is 12.6. The van der Waals surface area contributed by atoms with Gasteiger partial charge in [0.15, 0.2) is 24.2 Å². The van der Waals surface area contributed by atoms with Gasteiger partial charge >= 0.3 is 0 Å². The van der Waals surface area contributed by atoms with Gasteiger partial charge in [0.1, 0.15) is 0 Å². The summed E-state index contributed by atoms with van der Waals surface area (Å²) in [6.07, 6.45) is 2.79. The summed E-state index contributed by atoms with van der Waals surface area (Å²) >= 11 is 0. The minimum Gasteiger partial charge on any atom is -0.0917 e. The normalized spacial score (nSPS) is 12.1. The Morgan fingerprint density at radius 1 is 0.217 bits per heavy atom. The number of rotatable bonds is 13. The van der Waals surface area contributed by atoms with Crippen LogP contribution >= 0.6 is 0 Å². The van der Waals surface area contributed by atoms with Crippen molar-refractivity contribution in [3.05, 3.63) is 285 Å². The van der Waals surface area contributed by atoms with E-state index >= 15 is 0 Å². The van der Waals surface area contributed by atoms with Crippen LogP contribution in [-0.4, -0.2) is 24.2 Å². The Bertz CT molecular complexity index is 2300. The van der Waals surface area contributed by atoms with Crippen molar-refractivity contribution in [2.75, 3.05) is 0 Å². The molecule has 0 heterocycles. The van der Waals surface area contributed by atoms with Gasteiger partial charge in [-0.15, -0.1) is 0 Å². The van der Waals surface area contributed by atoms with Crippen molar-refractivity contribution in [3.63, 3.8) is 0 Å². The fourth-order valence-electron chi connectivity index (χ4n) is 10.0. The largest absolute Gasteiger partial charge is 0.172 e. The molecule has 60 heavy (non-hydrogen) atoms. The lowest BCUT2D eigenvalue weighted by Gasteiger charge is -2.50. The predicted molar refractivity (Wildman–Crippen MR) is 265 cm³/mol. The molecule has 0 nitrogen and oxygen atoms in total. The molecule has 0 aliphatic carbocycles. The van der Waals surface area contributed by atoms with Gasteiger partial charge in [-0.2, -0.15) is 0 Å². The Labute approximate surface area is 358 Å². The Morgan fingerprint density at radius 3 is 0.567 bits per heavy atom. The van der Waals surface area contributed by atoms with Gasteiger partial charge in [-0.3, -0.25) is 0 Å². The van der Waals surface area contributed by atoms with E-state index in [0.29, 0.717) is 0 Å². The summed E-state index contributed by atoms with van der Waals surface area (Å²) in [6.45, 7) is 0. The van der Waals surface area contributed by atoms with Crippen LogP contribution < -0.4 is 46.7 Å². The quantitative estimate of drug-likeness (QED) is 0.0836. The molecule has 0 aromatic heterocycles. The van der Waals surface area contributed by atoms with E-state index in [0.717, 1.165) is 0 Å². The number of hydrogen-bond donors (Lipinski definition) is 0. The molecule has 0 aliphatic rings. The lowest BCUT2D eigenvalue weighted by Crippen LogP contribution is -2.82. The molecule has 0 radical (unpaired) electrons. The zero-order valence-electron chi connectivity index (χ0n) is 33.7. The minimum atomic E-state index is -3.14. The molecule has 0 fully saturated rings. The monoisotopic (exact) mass is 816 g/mol. The van der Waals surface area contributed by atoms with E-state index in [1.807, 2.05) is 0 Å². The molecule has 0 spiro atoms. The molecule has 3 heteroatoms. The molecule has 0 saturated heterocycles. The zero-order chi connectivity index (χ0) is 40.5. The SMILES string of the molecule is C(=C\[Si](c1ccccc1)(c1ccccc1)c1ccccc1)/C([Si](c1ccccc1)(c1ccccc1)c1ccccc1)[Si](c1ccccc1)(c1ccccc1)c1ccccc1. The van der Waals surface area contributed by atoms with Gasteiger partial charge in [0.05, 0.1) is 0 Å². The first-order valence-corrected chi connectivity index (χ1v) is 27.2. The van der Waals surface area contributed by atoms with E-state index in [1.165, 1.54) is 46.7 Å². The predicted octanol–water partition coefficient (Wildman–Crippen LogP) is 7.50.